The van der Waals surface area contributed by atoms with Crippen LogP contribution < -0.4 is 10.3 Å². The molecule has 0 radical (unpaired) electrons. The molecule has 0 aliphatic heterocycles. The van der Waals surface area contributed by atoms with Crippen molar-refractivity contribution in [3.8, 4) is 17.7 Å². The minimum Gasteiger partial charge on any atom is -0.494 e. The van der Waals surface area contributed by atoms with Crippen LogP contribution in [0.1, 0.15) is 32.8 Å². The van der Waals surface area contributed by atoms with Gasteiger partial charge >= 0.3 is 0 Å². The number of carbonyl (C=O) groups excluding carboxylic acids is 1. The minimum atomic E-state index is -0.735. The fourth-order valence-electron chi connectivity index (χ4n) is 2.96. The largest absolute Gasteiger partial charge is 0.494 e. The molecular formula is C20H14Cl2N2O5. The van der Waals surface area contributed by atoms with E-state index in [1.165, 1.54) is 32.4 Å². The lowest BCUT2D eigenvalue weighted by molar-refractivity contribution is 0.103. The third-order valence-corrected chi connectivity index (χ3v) is 4.95. The van der Waals surface area contributed by atoms with E-state index < -0.39 is 17.2 Å². The maximum Gasteiger partial charge on any atom is 0.271 e. The smallest absolute Gasteiger partial charge is 0.271 e. The Bertz CT molecular complexity index is 1180. The fraction of sp³-hybridized carbons (Fsp3) is 0.150. The zero-order valence-electron chi connectivity index (χ0n) is 15.3. The number of ketones is 1. The Morgan fingerprint density at radius 1 is 1.34 bits per heavy atom. The number of aromatic hydroxyl groups is 1. The van der Waals surface area contributed by atoms with Gasteiger partial charge in [0.25, 0.3) is 5.56 Å². The van der Waals surface area contributed by atoms with E-state index in [-0.39, 0.29) is 44.6 Å². The van der Waals surface area contributed by atoms with Crippen LogP contribution >= 0.6 is 23.2 Å². The maximum absolute atomic E-state index is 13.2. The average molecular weight is 433 g/mol. The number of halogens is 2. The van der Waals surface area contributed by atoms with Gasteiger partial charge in [-0.05, 0) is 36.8 Å². The number of methoxy groups -OCH3 is 1. The highest BCUT2D eigenvalue weighted by atomic mass is 35.5. The summed E-state index contributed by atoms with van der Waals surface area (Å²) < 4.78 is 11.2. The molecule has 29 heavy (non-hydrogen) atoms. The average Bonchev–Trinajstić information content (AvgIpc) is 3.18. The van der Waals surface area contributed by atoms with Gasteiger partial charge < -0.3 is 14.3 Å². The normalized spacial score (nSPS) is 10.6. The molecule has 0 bridgehead atoms. The van der Waals surface area contributed by atoms with E-state index in [1.807, 2.05) is 0 Å². The number of nitrogens with zero attached hydrogens (tertiary/aromatic N) is 2. The maximum atomic E-state index is 13.2. The van der Waals surface area contributed by atoms with E-state index in [9.17, 15) is 20.0 Å². The van der Waals surface area contributed by atoms with Crippen molar-refractivity contribution >= 4 is 29.0 Å². The highest BCUT2D eigenvalue weighted by Crippen LogP contribution is 2.35. The number of furan rings is 1. The number of pyridine rings is 1. The second-order valence-corrected chi connectivity index (χ2v) is 6.90. The number of hydrogen-bond donors (Lipinski definition) is 1. The topological polar surface area (TPSA) is 105 Å². The predicted molar refractivity (Wildman–Crippen MR) is 106 cm³/mol. The van der Waals surface area contributed by atoms with Gasteiger partial charge in [-0.25, -0.2) is 0 Å². The molecule has 7 nitrogen and oxygen atoms in total. The zero-order valence-corrected chi connectivity index (χ0v) is 16.8. The van der Waals surface area contributed by atoms with Crippen molar-refractivity contribution in [2.75, 3.05) is 7.11 Å². The van der Waals surface area contributed by atoms with Crippen LogP contribution in [0, 0.1) is 18.3 Å². The molecular weight excluding hydrogens is 419 g/mol. The van der Waals surface area contributed by atoms with E-state index in [2.05, 4.69) is 0 Å². The van der Waals surface area contributed by atoms with Crippen LogP contribution in [-0.4, -0.2) is 22.6 Å². The molecule has 0 atom stereocenters. The van der Waals surface area contributed by atoms with E-state index in [4.69, 9.17) is 32.4 Å². The van der Waals surface area contributed by atoms with E-state index >= 15 is 0 Å². The summed E-state index contributed by atoms with van der Waals surface area (Å²) in [4.78, 5) is 25.8. The SMILES string of the molecule is COc1c(Cl)cc(C(=O)c2c(C)c(C#N)c(=O)n(Cc3ccco3)c2O)cc1Cl. The van der Waals surface area contributed by atoms with Gasteiger partial charge in [-0.2, -0.15) is 5.26 Å². The second kappa shape index (κ2) is 8.03. The molecule has 0 amide bonds. The summed E-state index contributed by atoms with van der Waals surface area (Å²) in [6.45, 7) is 1.26. The van der Waals surface area contributed by atoms with Crippen LogP contribution in [0.15, 0.2) is 39.7 Å². The van der Waals surface area contributed by atoms with Gasteiger partial charge in [0.2, 0.25) is 5.88 Å². The summed E-state index contributed by atoms with van der Waals surface area (Å²) in [7, 11) is 1.38. The summed E-state index contributed by atoms with van der Waals surface area (Å²) in [6, 6.07) is 7.68. The molecule has 3 rings (SSSR count). The Hall–Kier alpha value is -3.21. The van der Waals surface area contributed by atoms with Crippen molar-refractivity contribution in [1.29, 1.82) is 5.26 Å². The Labute approximate surface area is 175 Å². The van der Waals surface area contributed by atoms with Crippen LogP contribution in [0.25, 0.3) is 0 Å². The van der Waals surface area contributed by atoms with Crippen molar-refractivity contribution in [1.82, 2.24) is 4.57 Å². The number of hydrogen-bond acceptors (Lipinski definition) is 6. The molecule has 0 aliphatic rings. The molecule has 2 heterocycles. The molecule has 0 saturated heterocycles. The van der Waals surface area contributed by atoms with Crippen molar-refractivity contribution in [3.63, 3.8) is 0 Å². The number of carbonyl (C=O) groups is 1. The van der Waals surface area contributed by atoms with Crippen LogP contribution in [0.4, 0.5) is 0 Å². The third kappa shape index (κ3) is 3.60. The molecule has 3 aromatic rings. The number of rotatable bonds is 5. The first-order chi connectivity index (χ1) is 13.8. The lowest BCUT2D eigenvalue weighted by Gasteiger charge is -2.15. The molecule has 1 aromatic carbocycles. The molecule has 0 spiro atoms. The summed E-state index contributed by atoms with van der Waals surface area (Å²) in [5, 5.41) is 20.4. The molecule has 0 aliphatic carbocycles. The third-order valence-electron chi connectivity index (χ3n) is 4.39. The van der Waals surface area contributed by atoms with E-state index in [0.717, 1.165) is 4.57 Å². The molecule has 0 fully saturated rings. The minimum absolute atomic E-state index is 0.0544. The van der Waals surface area contributed by atoms with Crippen molar-refractivity contribution in [3.05, 3.63) is 78.9 Å². The number of ether oxygens (including phenoxy) is 1. The van der Waals surface area contributed by atoms with Crippen LogP contribution in [0.5, 0.6) is 11.6 Å². The molecule has 0 unspecified atom stereocenters. The Morgan fingerprint density at radius 3 is 2.52 bits per heavy atom. The monoisotopic (exact) mass is 432 g/mol. The summed E-state index contributed by atoms with van der Waals surface area (Å²) in [6.07, 6.45) is 1.41. The Balaban J connectivity index is 2.23. The van der Waals surface area contributed by atoms with Gasteiger partial charge in [0.05, 0.1) is 35.5 Å². The van der Waals surface area contributed by atoms with Gasteiger partial charge in [-0.1, -0.05) is 23.2 Å². The summed E-state index contributed by atoms with van der Waals surface area (Å²) >= 11 is 12.2. The second-order valence-electron chi connectivity index (χ2n) is 6.08. The summed E-state index contributed by atoms with van der Waals surface area (Å²) in [5.41, 5.74) is -1.08. The van der Waals surface area contributed by atoms with Gasteiger partial charge in [0.1, 0.15) is 17.4 Å². The molecule has 0 saturated carbocycles. The quantitative estimate of drug-likeness (QED) is 0.612. The number of benzene rings is 1. The number of aromatic nitrogens is 1. The van der Waals surface area contributed by atoms with Gasteiger partial charge in [-0.15, -0.1) is 0 Å². The van der Waals surface area contributed by atoms with Crippen molar-refractivity contribution in [2.24, 2.45) is 0 Å². The predicted octanol–water partition coefficient (Wildman–Crippen LogP) is 3.92. The van der Waals surface area contributed by atoms with Crippen LogP contribution in [0.3, 0.4) is 0 Å². The van der Waals surface area contributed by atoms with E-state index in [0.29, 0.717) is 5.76 Å². The first-order valence-corrected chi connectivity index (χ1v) is 9.02. The van der Waals surface area contributed by atoms with Crippen LogP contribution in [0.2, 0.25) is 10.0 Å². The fourth-order valence-corrected chi connectivity index (χ4v) is 3.60. The van der Waals surface area contributed by atoms with Crippen LogP contribution in [-0.2, 0) is 6.54 Å². The number of nitriles is 1. The highest BCUT2D eigenvalue weighted by molar-refractivity contribution is 6.38. The van der Waals surface area contributed by atoms with Crippen molar-refractivity contribution < 1.29 is 19.1 Å². The first kappa shape index (κ1) is 20.5. The standard InChI is InChI=1S/C20H14Cl2N2O5/c1-10-13(8-23)19(26)24(9-12-4-3-5-29-12)20(27)16(10)17(25)11-6-14(21)18(28-2)15(22)7-11/h3-7,27H,9H2,1-2H3. The van der Waals surface area contributed by atoms with Gasteiger partial charge in [0.15, 0.2) is 11.5 Å². The van der Waals surface area contributed by atoms with Gasteiger partial charge in [-0.3, -0.25) is 14.2 Å². The first-order valence-electron chi connectivity index (χ1n) is 8.26. The lowest BCUT2D eigenvalue weighted by Crippen LogP contribution is -2.27. The lowest BCUT2D eigenvalue weighted by atomic mass is 9.97. The van der Waals surface area contributed by atoms with E-state index in [1.54, 1.807) is 18.2 Å². The molecule has 9 heteroatoms. The molecule has 2 aromatic heterocycles. The molecule has 1 N–H and O–H groups in total. The highest BCUT2D eigenvalue weighted by Gasteiger charge is 2.26. The molecule has 148 valence electrons. The van der Waals surface area contributed by atoms with Gasteiger partial charge in [0, 0.05) is 5.56 Å². The van der Waals surface area contributed by atoms with Crippen molar-refractivity contribution in [2.45, 2.75) is 13.5 Å². The summed E-state index contributed by atoms with van der Waals surface area (Å²) in [5.74, 6) is -0.678. The Morgan fingerprint density at radius 2 is 2.00 bits per heavy atom. The zero-order chi connectivity index (χ0) is 21.3. The Kier molecular flexibility index (Phi) is 5.69.